The Hall–Kier alpha value is -0.670. The van der Waals surface area contributed by atoms with E-state index >= 15 is 0 Å². The second-order valence-corrected chi connectivity index (χ2v) is 3.18. The van der Waals surface area contributed by atoms with Gasteiger partial charge in [-0.1, -0.05) is 0 Å². The van der Waals surface area contributed by atoms with Crippen LogP contribution in [0.25, 0.3) is 0 Å². The van der Waals surface area contributed by atoms with Crippen LogP contribution in [-0.2, 0) is 4.79 Å². The van der Waals surface area contributed by atoms with Crippen LogP contribution in [-0.4, -0.2) is 30.8 Å². The third kappa shape index (κ3) is 2.13. The predicted molar refractivity (Wildman–Crippen MR) is 36.4 cm³/mol. The van der Waals surface area contributed by atoms with Crippen molar-refractivity contribution in [2.24, 2.45) is 5.92 Å². The predicted octanol–water partition coefficient (Wildman–Crippen LogP) is 1.12. The maximum Gasteiger partial charge on any atom is 0.248 e. The third-order valence-electron chi connectivity index (χ3n) is 1.90. The lowest BCUT2D eigenvalue weighted by molar-refractivity contribution is -0.128. The molecule has 0 unspecified atom stereocenters. The van der Waals surface area contributed by atoms with Crippen molar-refractivity contribution in [3.05, 3.63) is 0 Å². The number of hydrogen-bond acceptors (Lipinski definition) is 1. The number of carbonyl (C=O) groups excluding carboxylic acids is 1. The van der Waals surface area contributed by atoms with Gasteiger partial charge in [0.05, 0.1) is 0 Å². The van der Waals surface area contributed by atoms with Crippen LogP contribution in [0.3, 0.4) is 0 Å². The fourth-order valence-electron chi connectivity index (χ4n) is 1.36. The molecule has 1 aliphatic rings. The van der Waals surface area contributed by atoms with Crippen LogP contribution in [0.1, 0.15) is 12.8 Å². The molecular formula is C7H11F2NO. The summed E-state index contributed by atoms with van der Waals surface area (Å²) >= 11 is 0. The average Bonchev–Trinajstić information content (AvgIpc) is 1.83. The van der Waals surface area contributed by atoms with E-state index in [1.807, 2.05) is 0 Å². The third-order valence-corrected chi connectivity index (χ3v) is 1.90. The first-order chi connectivity index (χ1) is 5.03. The van der Waals surface area contributed by atoms with E-state index in [0.29, 0.717) is 13.0 Å². The van der Waals surface area contributed by atoms with Crippen molar-refractivity contribution in [3.63, 3.8) is 0 Å². The highest BCUT2D eigenvalue weighted by Crippen LogP contribution is 2.42. The summed E-state index contributed by atoms with van der Waals surface area (Å²) in [5.74, 6) is -2.46. The first kappa shape index (κ1) is 8.43. The first-order valence-corrected chi connectivity index (χ1v) is 3.57. The van der Waals surface area contributed by atoms with Gasteiger partial charge in [-0.15, -0.1) is 0 Å². The fraction of sp³-hybridized carbons (Fsp3) is 0.857. The molecular weight excluding hydrogens is 152 g/mol. The van der Waals surface area contributed by atoms with E-state index in [1.54, 1.807) is 7.05 Å². The molecule has 64 valence electrons. The van der Waals surface area contributed by atoms with Gasteiger partial charge in [0.1, 0.15) is 0 Å². The van der Waals surface area contributed by atoms with Gasteiger partial charge >= 0.3 is 0 Å². The van der Waals surface area contributed by atoms with Crippen LogP contribution < -0.4 is 0 Å². The number of alkyl halides is 2. The highest BCUT2D eigenvalue weighted by atomic mass is 19.3. The Morgan fingerprint density at radius 1 is 1.64 bits per heavy atom. The summed E-state index contributed by atoms with van der Waals surface area (Å²) in [6, 6.07) is 0. The SMILES string of the molecule is CN(C=O)CC1CC(F)(F)C1. The average molecular weight is 163 g/mol. The Balaban J connectivity index is 2.18. The molecule has 11 heavy (non-hydrogen) atoms. The summed E-state index contributed by atoms with van der Waals surface area (Å²) in [5, 5.41) is 0. The van der Waals surface area contributed by atoms with Crippen LogP contribution in [0.15, 0.2) is 0 Å². The van der Waals surface area contributed by atoms with E-state index in [-0.39, 0.29) is 18.8 Å². The normalized spacial score (nSPS) is 22.5. The summed E-state index contributed by atoms with van der Waals surface area (Å²) in [4.78, 5) is 11.5. The van der Waals surface area contributed by atoms with Crippen LogP contribution in [0.4, 0.5) is 8.78 Å². The van der Waals surface area contributed by atoms with Crippen LogP contribution >= 0.6 is 0 Å². The van der Waals surface area contributed by atoms with Crippen molar-refractivity contribution in [3.8, 4) is 0 Å². The molecule has 1 amide bonds. The van der Waals surface area contributed by atoms with E-state index in [2.05, 4.69) is 0 Å². The van der Waals surface area contributed by atoms with Gasteiger partial charge in [0, 0.05) is 26.4 Å². The van der Waals surface area contributed by atoms with E-state index in [4.69, 9.17) is 0 Å². The molecule has 0 radical (unpaired) electrons. The van der Waals surface area contributed by atoms with Crippen molar-refractivity contribution < 1.29 is 13.6 Å². The molecule has 0 aromatic heterocycles. The molecule has 1 saturated carbocycles. The zero-order chi connectivity index (χ0) is 8.48. The number of carbonyl (C=O) groups is 1. The van der Waals surface area contributed by atoms with E-state index in [9.17, 15) is 13.6 Å². The van der Waals surface area contributed by atoms with E-state index in [1.165, 1.54) is 4.90 Å². The monoisotopic (exact) mass is 163 g/mol. The minimum Gasteiger partial charge on any atom is -0.348 e. The topological polar surface area (TPSA) is 20.3 Å². The minimum absolute atomic E-state index is 0.000185. The smallest absolute Gasteiger partial charge is 0.248 e. The number of nitrogens with zero attached hydrogens (tertiary/aromatic N) is 1. The lowest BCUT2D eigenvalue weighted by Crippen LogP contribution is -2.41. The van der Waals surface area contributed by atoms with Gasteiger partial charge in [0.25, 0.3) is 0 Å². The van der Waals surface area contributed by atoms with Crippen molar-refractivity contribution in [2.75, 3.05) is 13.6 Å². The number of hydrogen-bond donors (Lipinski definition) is 0. The van der Waals surface area contributed by atoms with Crippen LogP contribution in [0.2, 0.25) is 0 Å². The largest absolute Gasteiger partial charge is 0.348 e. The van der Waals surface area contributed by atoms with Gasteiger partial charge in [-0.3, -0.25) is 4.79 Å². The lowest BCUT2D eigenvalue weighted by atomic mass is 9.81. The summed E-state index contributed by atoms with van der Waals surface area (Å²) in [6.07, 6.45) is 0.535. The minimum atomic E-state index is -2.46. The zero-order valence-corrected chi connectivity index (χ0v) is 6.39. The molecule has 1 rings (SSSR count). The molecule has 0 atom stereocenters. The second kappa shape index (κ2) is 2.75. The highest BCUT2D eigenvalue weighted by molar-refractivity contribution is 5.46. The van der Waals surface area contributed by atoms with Crippen molar-refractivity contribution in [2.45, 2.75) is 18.8 Å². The summed E-state index contributed by atoms with van der Waals surface area (Å²) in [7, 11) is 1.60. The van der Waals surface area contributed by atoms with E-state index in [0.717, 1.165) is 0 Å². The van der Waals surface area contributed by atoms with Crippen LogP contribution in [0.5, 0.6) is 0 Å². The zero-order valence-electron chi connectivity index (χ0n) is 6.39. The van der Waals surface area contributed by atoms with Crippen molar-refractivity contribution in [1.29, 1.82) is 0 Å². The molecule has 0 aliphatic heterocycles. The second-order valence-electron chi connectivity index (χ2n) is 3.18. The number of amides is 1. The fourth-order valence-corrected chi connectivity index (χ4v) is 1.36. The molecule has 0 saturated heterocycles. The molecule has 1 fully saturated rings. The van der Waals surface area contributed by atoms with Gasteiger partial charge in [0.2, 0.25) is 12.3 Å². The van der Waals surface area contributed by atoms with Crippen molar-refractivity contribution >= 4 is 6.41 Å². The summed E-state index contributed by atoms with van der Waals surface area (Å²) in [6.45, 7) is 0.457. The first-order valence-electron chi connectivity index (χ1n) is 3.57. The van der Waals surface area contributed by atoms with Crippen LogP contribution in [0, 0.1) is 5.92 Å². The van der Waals surface area contributed by atoms with Gasteiger partial charge in [-0.2, -0.15) is 0 Å². The lowest BCUT2D eigenvalue weighted by Gasteiger charge is -2.36. The quantitative estimate of drug-likeness (QED) is 0.571. The van der Waals surface area contributed by atoms with Gasteiger partial charge < -0.3 is 4.90 Å². The molecule has 2 nitrogen and oxygen atoms in total. The van der Waals surface area contributed by atoms with Gasteiger partial charge in [-0.05, 0) is 5.92 Å². The Kier molecular flexibility index (Phi) is 2.11. The van der Waals surface area contributed by atoms with Gasteiger partial charge in [-0.25, -0.2) is 8.78 Å². The standard InChI is InChI=1S/C7H11F2NO/c1-10(5-11)4-6-2-7(8,9)3-6/h5-6H,2-4H2,1H3. The number of halogens is 2. The Morgan fingerprint density at radius 3 is 2.55 bits per heavy atom. The Morgan fingerprint density at radius 2 is 2.18 bits per heavy atom. The summed E-state index contributed by atoms with van der Waals surface area (Å²) < 4.78 is 24.5. The molecule has 0 aromatic carbocycles. The highest BCUT2D eigenvalue weighted by Gasteiger charge is 2.45. The molecule has 4 heteroatoms. The maximum absolute atomic E-state index is 12.2. The van der Waals surface area contributed by atoms with Crippen molar-refractivity contribution in [1.82, 2.24) is 4.90 Å². The molecule has 0 bridgehead atoms. The Bertz CT molecular complexity index is 153. The Labute approximate surface area is 64.2 Å². The molecule has 1 aliphatic carbocycles. The molecule has 0 heterocycles. The summed E-state index contributed by atoms with van der Waals surface area (Å²) in [5.41, 5.74) is 0. The number of rotatable bonds is 3. The van der Waals surface area contributed by atoms with E-state index < -0.39 is 5.92 Å². The maximum atomic E-state index is 12.2. The molecule has 0 N–H and O–H groups in total. The van der Waals surface area contributed by atoms with Gasteiger partial charge in [0.15, 0.2) is 0 Å². The molecule has 0 aromatic rings. The molecule has 0 spiro atoms.